The summed E-state index contributed by atoms with van der Waals surface area (Å²) in [6.45, 7) is 6.87. The Hall–Kier alpha value is -2.28. The van der Waals surface area contributed by atoms with E-state index in [9.17, 15) is 9.90 Å². The summed E-state index contributed by atoms with van der Waals surface area (Å²) in [5.74, 6) is 0.196. The number of piperidine rings is 2. The van der Waals surface area contributed by atoms with E-state index in [0.717, 1.165) is 32.4 Å². The second-order valence-electron chi connectivity index (χ2n) is 8.51. The molecule has 1 aromatic carbocycles. The Labute approximate surface area is 172 Å². The van der Waals surface area contributed by atoms with E-state index in [4.69, 9.17) is 4.42 Å². The average Bonchev–Trinajstić information content (AvgIpc) is 3.13. The van der Waals surface area contributed by atoms with Gasteiger partial charge in [0.2, 0.25) is 5.91 Å². The zero-order chi connectivity index (χ0) is 20.4. The number of rotatable bonds is 5. The Kier molecular flexibility index (Phi) is 5.94. The van der Waals surface area contributed by atoms with Crippen molar-refractivity contribution >= 4 is 23.0 Å². The van der Waals surface area contributed by atoms with Crippen LogP contribution in [-0.4, -0.2) is 58.7 Å². The minimum atomic E-state index is -0.262. The summed E-state index contributed by atoms with van der Waals surface area (Å²) in [5, 5.41) is 12.8. The molecule has 0 saturated carbocycles. The van der Waals surface area contributed by atoms with Gasteiger partial charge >= 0.3 is 0 Å². The predicted octanol–water partition coefficient (Wildman–Crippen LogP) is 3.27. The Morgan fingerprint density at radius 1 is 1.21 bits per heavy atom. The molecule has 29 heavy (non-hydrogen) atoms. The number of phenols is 1. The largest absolute Gasteiger partial charge is 0.508 e. The predicted molar refractivity (Wildman–Crippen MR) is 113 cm³/mol. The standard InChI is InChI=1S/C22H32N4O3/c1-15-6-5-7-16(2)25(15)13-11-23-21(28)19-8-3-4-12-26(19)22-24-18-10-9-17(27)14-20(18)29-22/h9-10,14-16,19,27H,3-8,11-13H2,1-2H3,(H,23,28)/t15?,16?,19-/m0/s1. The number of benzene rings is 1. The van der Waals surface area contributed by atoms with Gasteiger partial charge in [0.15, 0.2) is 5.58 Å². The van der Waals surface area contributed by atoms with Gasteiger partial charge in [-0.2, -0.15) is 4.98 Å². The fraction of sp³-hybridized carbons (Fsp3) is 0.636. The lowest BCUT2D eigenvalue weighted by molar-refractivity contribution is -0.123. The van der Waals surface area contributed by atoms with E-state index in [2.05, 4.69) is 29.0 Å². The van der Waals surface area contributed by atoms with Crippen molar-refractivity contribution in [3.8, 4) is 5.75 Å². The van der Waals surface area contributed by atoms with Crippen molar-refractivity contribution in [3.63, 3.8) is 0 Å². The van der Waals surface area contributed by atoms with Crippen molar-refractivity contribution in [2.75, 3.05) is 24.5 Å². The first-order chi connectivity index (χ1) is 14.0. The molecule has 7 heteroatoms. The number of phenolic OH excluding ortho intramolecular Hbond substituents is 1. The van der Waals surface area contributed by atoms with Crippen molar-refractivity contribution in [2.24, 2.45) is 0 Å². The monoisotopic (exact) mass is 400 g/mol. The molecule has 2 N–H and O–H groups in total. The topological polar surface area (TPSA) is 81.8 Å². The van der Waals surface area contributed by atoms with E-state index in [1.165, 1.54) is 19.3 Å². The number of fused-ring (bicyclic) bond motifs is 1. The Bertz CT molecular complexity index is 842. The maximum Gasteiger partial charge on any atom is 0.299 e. The van der Waals surface area contributed by atoms with Gasteiger partial charge in [-0.1, -0.05) is 6.42 Å². The van der Waals surface area contributed by atoms with Gasteiger partial charge in [-0.15, -0.1) is 0 Å². The zero-order valence-corrected chi connectivity index (χ0v) is 17.4. The number of likely N-dealkylation sites (tertiary alicyclic amines) is 1. The van der Waals surface area contributed by atoms with Crippen molar-refractivity contribution in [3.05, 3.63) is 18.2 Å². The van der Waals surface area contributed by atoms with Crippen molar-refractivity contribution in [2.45, 2.75) is 70.5 Å². The van der Waals surface area contributed by atoms with Crippen LogP contribution in [-0.2, 0) is 4.79 Å². The van der Waals surface area contributed by atoms with E-state index in [0.29, 0.717) is 35.7 Å². The highest BCUT2D eigenvalue weighted by Crippen LogP contribution is 2.29. The number of aromatic nitrogens is 1. The summed E-state index contributed by atoms with van der Waals surface area (Å²) in [6, 6.07) is 6.25. The van der Waals surface area contributed by atoms with Crippen LogP contribution < -0.4 is 10.2 Å². The summed E-state index contributed by atoms with van der Waals surface area (Å²) in [5.41, 5.74) is 1.23. The Balaban J connectivity index is 1.40. The van der Waals surface area contributed by atoms with E-state index >= 15 is 0 Å². The van der Waals surface area contributed by atoms with Crippen LogP contribution in [0.1, 0.15) is 52.4 Å². The van der Waals surface area contributed by atoms with Gasteiger partial charge in [0, 0.05) is 37.8 Å². The number of carbonyl (C=O) groups excluding carboxylic acids is 1. The van der Waals surface area contributed by atoms with Gasteiger partial charge in [0.25, 0.3) is 6.01 Å². The molecule has 3 atom stereocenters. The fourth-order valence-electron chi connectivity index (χ4n) is 4.80. The zero-order valence-electron chi connectivity index (χ0n) is 17.4. The Morgan fingerprint density at radius 3 is 2.79 bits per heavy atom. The van der Waals surface area contributed by atoms with E-state index in [-0.39, 0.29) is 17.7 Å². The minimum absolute atomic E-state index is 0.0483. The number of oxazole rings is 1. The first-order valence-electron chi connectivity index (χ1n) is 10.9. The third kappa shape index (κ3) is 4.34. The lowest BCUT2D eigenvalue weighted by Crippen LogP contribution is -2.52. The van der Waals surface area contributed by atoms with E-state index in [1.807, 2.05) is 4.90 Å². The summed E-state index contributed by atoms with van der Waals surface area (Å²) in [4.78, 5) is 22.0. The molecule has 1 aromatic heterocycles. The number of anilines is 1. The van der Waals surface area contributed by atoms with Crippen LogP contribution in [0.5, 0.6) is 5.75 Å². The molecule has 4 rings (SSSR count). The highest BCUT2D eigenvalue weighted by Gasteiger charge is 2.32. The van der Waals surface area contributed by atoms with E-state index < -0.39 is 0 Å². The van der Waals surface area contributed by atoms with Gasteiger partial charge in [-0.05, 0) is 58.1 Å². The van der Waals surface area contributed by atoms with Crippen LogP contribution in [0, 0.1) is 0 Å². The molecule has 0 spiro atoms. The summed E-state index contributed by atoms with van der Waals surface area (Å²) >= 11 is 0. The van der Waals surface area contributed by atoms with Crippen LogP contribution in [0.25, 0.3) is 11.1 Å². The van der Waals surface area contributed by atoms with Crippen LogP contribution in [0.3, 0.4) is 0 Å². The number of nitrogens with one attached hydrogen (secondary N) is 1. The highest BCUT2D eigenvalue weighted by molar-refractivity contribution is 5.85. The molecular formula is C22H32N4O3. The molecule has 2 fully saturated rings. The number of hydrogen-bond donors (Lipinski definition) is 2. The average molecular weight is 401 g/mol. The minimum Gasteiger partial charge on any atom is -0.508 e. The maximum atomic E-state index is 13.0. The van der Waals surface area contributed by atoms with Gasteiger partial charge in [0.05, 0.1) is 0 Å². The van der Waals surface area contributed by atoms with Crippen LogP contribution in [0.15, 0.2) is 22.6 Å². The van der Waals surface area contributed by atoms with Gasteiger partial charge in [-0.25, -0.2) is 0 Å². The first-order valence-corrected chi connectivity index (χ1v) is 10.9. The van der Waals surface area contributed by atoms with Crippen molar-refractivity contribution in [1.82, 2.24) is 15.2 Å². The first kappa shape index (κ1) is 20.0. The molecule has 2 saturated heterocycles. The van der Waals surface area contributed by atoms with Crippen LogP contribution in [0.2, 0.25) is 0 Å². The Morgan fingerprint density at radius 2 is 2.00 bits per heavy atom. The molecule has 7 nitrogen and oxygen atoms in total. The summed E-state index contributed by atoms with van der Waals surface area (Å²) < 4.78 is 5.86. The number of nitrogens with zero attached hydrogens (tertiary/aromatic N) is 3. The quantitative estimate of drug-likeness (QED) is 0.802. The molecule has 1 amide bonds. The second kappa shape index (κ2) is 8.61. The molecule has 0 bridgehead atoms. The number of carbonyl (C=O) groups is 1. The smallest absolute Gasteiger partial charge is 0.299 e. The van der Waals surface area contributed by atoms with E-state index in [1.54, 1.807) is 18.2 Å². The van der Waals surface area contributed by atoms with Gasteiger partial charge in [0.1, 0.15) is 17.3 Å². The number of amides is 1. The molecular weight excluding hydrogens is 368 g/mol. The van der Waals surface area contributed by atoms with Gasteiger partial charge in [-0.3, -0.25) is 9.69 Å². The number of hydrogen-bond acceptors (Lipinski definition) is 6. The molecule has 0 aliphatic carbocycles. The third-order valence-electron chi connectivity index (χ3n) is 6.46. The SMILES string of the molecule is CC1CCCC(C)N1CCNC(=O)[C@@H]1CCCCN1c1nc2ccc(O)cc2o1. The second-order valence-corrected chi connectivity index (χ2v) is 8.51. The molecule has 2 aliphatic rings. The molecule has 2 unspecified atom stereocenters. The van der Waals surface area contributed by atoms with Crippen LogP contribution in [0.4, 0.5) is 6.01 Å². The highest BCUT2D eigenvalue weighted by atomic mass is 16.4. The lowest BCUT2D eigenvalue weighted by Gasteiger charge is -2.39. The lowest BCUT2D eigenvalue weighted by atomic mass is 9.97. The van der Waals surface area contributed by atoms with Crippen LogP contribution >= 0.6 is 0 Å². The summed E-state index contributed by atoms with van der Waals surface area (Å²) in [6.07, 6.45) is 6.60. The van der Waals surface area contributed by atoms with Crippen molar-refractivity contribution < 1.29 is 14.3 Å². The molecule has 2 aliphatic heterocycles. The molecule has 158 valence electrons. The van der Waals surface area contributed by atoms with Gasteiger partial charge < -0.3 is 19.7 Å². The fourth-order valence-corrected chi connectivity index (χ4v) is 4.80. The normalized spacial score (nSPS) is 26.0. The third-order valence-corrected chi connectivity index (χ3v) is 6.46. The number of aromatic hydroxyl groups is 1. The summed E-state index contributed by atoms with van der Waals surface area (Å²) in [7, 11) is 0. The maximum absolute atomic E-state index is 13.0. The molecule has 3 heterocycles. The molecule has 0 radical (unpaired) electrons. The van der Waals surface area contributed by atoms with Crippen molar-refractivity contribution in [1.29, 1.82) is 0 Å². The molecule has 2 aromatic rings.